The molecule has 0 atom stereocenters. The molecule has 0 bridgehead atoms. The van der Waals surface area contributed by atoms with Crippen molar-refractivity contribution in [2.45, 2.75) is 0 Å². The fraction of sp³-hybridized carbons (Fsp3) is 0.143. The van der Waals surface area contributed by atoms with Gasteiger partial charge in [-0.25, -0.2) is 0 Å². The van der Waals surface area contributed by atoms with E-state index in [1.165, 1.54) is 0 Å². The molecule has 0 aliphatic heterocycles. The maximum Gasteiger partial charge on any atom is 0.162 e. The van der Waals surface area contributed by atoms with E-state index in [9.17, 15) is 0 Å². The summed E-state index contributed by atoms with van der Waals surface area (Å²) >= 11 is 0. The fourth-order valence-electron chi connectivity index (χ4n) is 1.55. The molecule has 0 unspecified atom stereocenters. The monoisotopic (exact) mass is 228 g/mol. The van der Waals surface area contributed by atoms with Gasteiger partial charge in [0.25, 0.3) is 0 Å². The minimum atomic E-state index is 0.708. The van der Waals surface area contributed by atoms with Gasteiger partial charge in [0.15, 0.2) is 11.5 Å². The van der Waals surface area contributed by atoms with Crippen molar-refractivity contribution in [3.63, 3.8) is 0 Å². The van der Waals surface area contributed by atoms with Crippen molar-refractivity contribution >= 4 is 11.4 Å². The summed E-state index contributed by atoms with van der Waals surface area (Å²) in [5, 5.41) is 3.27. The van der Waals surface area contributed by atoms with Gasteiger partial charge in [0.05, 0.1) is 14.2 Å². The molecule has 3 heteroatoms. The minimum absolute atomic E-state index is 0.708. The van der Waals surface area contributed by atoms with Crippen molar-refractivity contribution in [1.29, 1.82) is 0 Å². The standard InChI is InChI=1S/C14H14NO2/c1-16-13-9-8-12(10-14(13)17-2)15-11-6-4-3-5-7-11/h4-10,15H,1-2H3. The molecule has 0 aliphatic carbocycles. The van der Waals surface area contributed by atoms with Gasteiger partial charge in [0, 0.05) is 17.4 Å². The van der Waals surface area contributed by atoms with E-state index in [2.05, 4.69) is 11.4 Å². The second kappa shape index (κ2) is 5.25. The van der Waals surface area contributed by atoms with Crippen LogP contribution in [-0.4, -0.2) is 14.2 Å². The number of hydrogen-bond acceptors (Lipinski definition) is 3. The molecular formula is C14H14NO2. The summed E-state index contributed by atoms with van der Waals surface area (Å²) in [5.41, 5.74) is 1.96. The summed E-state index contributed by atoms with van der Waals surface area (Å²) in [6, 6.07) is 16.3. The Morgan fingerprint density at radius 3 is 2.24 bits per heavy atom. The van der Waals surface area contributed by atoms with E-state index < -0.39 is 0 Å². The van der Waals surface area contributed by atoms with Gasteiger partial charge in [0.1, 0.15) is 0 Å². The molecule has 0 spiro atoms. The molecule has 2 rings (SSSR count). The first-order valence-corrected chi connectivity index (χ1v) is 5.28. The van der Waals surface area contributed by atoms with Crippen molar-refractivity contribution in [1.82, 2.24) is 0 Å². The van der Waals surface area contributed by atoms with Crippen molar-refractivity contribution in [2.75, 3.05) is 19.5 Å². The third-order valence-electron chi connectivity index (χ3n) is 2.39. The minimum Gasteiger partial charge on any atom is -0.493 e. The largest absolute Gasteiger partial charge is 0.493 e. The number of ether oxygens (including phenoxy) is 2. The van der Waals surface area contributed by atoms with Gasteiger partial charge < -0.3 is 14.8 Å². The zero-order valence-electron chi connectivity index (χ0n) is 9.86. The molecule has 0 aliphatic rings. The van der Waals surface area contributed by atoms with Crippen LogP contribution < -0.4 is 14.8 Å². The first-order valence-electron chi connectivity index (χ1n) is 5.28. The number of rotatable bonds is 4. The van der Waals surface area contributed by atoms with Gasteiger partial charge in [-0.05, 0) is 30.3 Å². The lowest BCUT2D eigenvalue weighted by Crippen LogP contribution is -1.94. The smallest absolute Gasteiger partial charge is 0.162 e. The molecule has 0 amide bonds. The zero-order chi connectivity index (χ0) is 12.1. The van der Waals surface area contributed by atoms with Crippen LogP contribution in [0.2, 0.25) is 0 Å². The zero-order valence-corrected chi connectivity index (χ0v) is 9.86. The van der Waals surface area contributed by atoms with E-state index in [1.807, 2.05) is 42.5 Å². The summed E-state index contributed by atoms with van der Waals surface area (Å²) in [5.74, 6) is 1.43. The lowest BCUT2D eigenvalue weighted by molar-refractivity contribution is 0.355. The quantitative estimate of drug-likeness (QED) is 0.871. The van der Waals surface area contributed by atoms with Gasteiger partial charge >= 0.3 is 0 Å². The molecule has 0 aromatic heterocycles. The predicted molar refractivity (Wildman–Crippen MR) is 68.1 cm³/mol. The van der Waals surface area contributed by atoms with E-state index in [0.717, 1.165) is 17.1 Å². The first kappa shape index (κ1) is 11.3. The van der Waals surface area contributed by atoms with Crippen molar-refractivity contribution < 1.29 is 9.47 Å². The Morgan fingerprint density at radius 1 is 0.882 bits per heavy atom. The van der Waals surface area contributed by atoms with E-state index in [4.69, 9.17) is 9.47 Å². The van der Waals surface area contributed by atoms with Crippen LogP contribution in [0.15, 0.2) is 42.5 Å². The highest BCUT2D eigenvalue weighted by atomic mass is 16.5. The maximum absolute atomic E-state index is 5.24. The molecular weight excluding hydrogens is 214 g/mol. The average molecular weight is 228 g/mol. The average Bonchev–Trinajstić information content (AvgIpc) is 2.40. The number of benzene rings is 2. The van der Waals surface area contributed by atoms with Crippen LogP contribution in [-0.2, 0) is 0 Å². The number of hydrogen-bond donors (Lipinski definition) is 1. The Hall–Kier alpha value is -2.16. The third kappa shape index (κ3) is 2.69. The normalized spacial score (nSPS) is 9.76. The highest BCUT2D eigenvalue weighted by molar-refractivity contribution is 5.63. The van der Waals surface area contributed by atoms with E-state index in [-0.39, 0.29) is 0 Å². The number of anilines is 2. The predicted octanol–water partition coefficient (Wildman–Crippen LogP) is 3.25. The summed E-state index contributed by atoms with van der Waals surface area (Å²) in [4.78, 5) is 0. The lowest BCUT2D eigenvalue weighted by atomic mass is 10.2. The molecule has 0 saturated heterocycles. The summed E-state index contributed by atoms with van der Waals surface area (Å²) in [6.45, 7) is 0. The highest BCUT2D eigenvalue weighted by Crippen LogP contribution is 2.30. The van der Waals surface area contributed by atoms with Crippen LogP contribution in [0, 0.1) is 6.07 Å². The molecule has 87 valence electrons. The first-order chi connectivity index (χ1) is 8.33. The molecule has 0 fully saturated rings. The molecule has 3 nitrogen and oxygen atoms in total. The molecule has 0 heterocycles. The van der Waals surface area contributed by atoms with E-state index >= 15 is 0 Å². The number of nitrogens with one attached hydrogen (secondary N) is 1. The Bertz CT molecular complexity index is 483. The summed E-state index contributed by atoms with van der Waals surface area (Å²) < 4.78 is 10.4. The van der Waals surface area contributed by atoms with Gasteiger partial charge in [-0.2, -0.15) is 0 Å². The van der Waals surface area contributed by atoms with Crippen LogP contribution in [0.3, 0.4) is 0 Å². The van der Waals surface area contributed by atoms with Crippen LogP contribution in [0.1, 0.15) is 0 Å². The topological polar surface area (TPSA) is 30.5 Å². The van der Waals surface area contributed by atoms with Crippen molar-refractivity contribution in [3.8, 4) is 11.5 Å². The van der Waals surface area contributed by atoms with Gasteiger partial charge in [0.2, 0.25) is 0 Å². The van der Waals surface area contributed by atoms with Crippen LogP contribution >= 0.6 is 0 Å². The van der Waals surface area contributed by atoms with Gasteiger partial charge in [-0.15, -0.1) is 0 Å². The van der Waals surface area contributed by atoms with Gasteiger partial charge in [-0.3, -0.25) is 0 Å². The Labute approximate surface area is 101 Å². The van der Waals surface area contributed by atoms with Gasteiger partial charge in [-0.1, -0.05) is 12.1 Å². The van der Waals surface area contributed by atoms with E-state index in [1.54, 1.807) is 14.2 Å². The second-order valence-electron chi connectivity index (χ2n) is 3.48. The summed E-state index contributed by atoms with van der Waals surface area (Å²) in [6.07, 6.45) is 0. The Kier molecular flexibility index (Phi) is 3.50. The molecule has 1 N–H and O–H groups in total. The van der Waals surface area contributed by atoms with Crippen LogP contribution in [0.25, 0.3) is 0 Å². The van der Waals surface area contributed by atoms with Crippen LogP contribution in [0.4, 0.5) is 11.4 Å². The third-order valence-corrected chi connectivity index (χ3v) is 2.39. The molecule has 17 heavy (non-hydrogen) atoms. The number of methoxy groups -OCH3 is 2. The van der Waals surface area contributed by atoms with Crippen LogP contribution in [0.5, 0.6) is 11.5 Å². The second-order valence-corrected chi connectivity index (χ2v) is 3.48. The molecule has 0 saturated carbocycles. The molecule has 1 radical (unpaired) electrons. The SMILES string of the molecule is COc1ccc(Nc2cc[c]cc2)cc1OC. The van der Waals surface area contributed by atoms with Crippen molar-refractivity contribution in [3.05, 3.63) is 48.5 Å². The molecule has 2 aromatic carbocycles. The summed E-state index contributed by atoms with van der Waals surface area (Å²) in [7, 11) is 3.25. The Morgan fingerprint density at radius 2 is 1.59 bits per heavy atom. The highest BCUT2D eigenvalue weighted by Gasteiger charge is 2.04. The van der Waals surface area contributed by atoms with E-state index in [0.29, 0.717) is 5.75 Å². The lowest BCUT2D eigenvalue weighted by Gasteiger charge is -2.11. The molecule has 2 aromatic rings. The Balaban J connectivity index is 2.22. The van der Waals surface area contributed by atoms with Crippen molar-refractivity contribution in [2.24, 2.45) is 0 Å². The maximum atomic E-state index is 5.24. The fourth-order valence-corrected chi connectivity index (χ4v) is 1.55.